The minimum Gasteiger partial charge on any atom is -0.494 e. The largest absolute Gasteiger partial charge is 0.494 e. The smallest absolute Gasteiger partial charge is 0.132 e. The number of hydrogen-bond acceptors (Lipinski definition) is 8. The molecule has 38 heavy (non-hydrogen) atoms. The van der Waals surface area contributed by atoms with Gasteiger partial charge in [0.25, 0.3) is 0 Å². The number of aliphatic hydroxyl groups is 3. The lowest BCUT2D eigenvalue weighted by Crippen LogP contribution is -2.52. The van der Waals surface area contributed by atoms with Gasteiger partial charge in [0.1, 0.15) is 35.6 Å². The molecule has 1 aliphatic heterocycles. The van der Waals surface area contributed by atoms with Gasteiger partial charge in [-0.2, -0.15) is 0 Å². The summed E-state index contributed by atoms with van der Waals surface area (Å²) in [5, 5.41) is 34.6. The third kappa shape index (κ3) is 8.68. The van der Waals surface area contributed by atoms with E-state index in [0.717, 1.165) is 60.5 Å². The van der Waals surface area contributed by atoms with Crippen LogP contribution in [0.5, 0.6) is 5.75 Å². The number of hydrogen-bond donors (Lipinski definition) is 4. The number of ether oxygens (including phenoxy) is 2. The predicted molar refractivity (Wildman–Crippen MR) is 155 cm³/mol. The molecule has 8 heteroatoms. The van der Waals surface area contributed by atoms with Gasteiger partial charge in [0, 0.05) is 13.1 Å². The molecule has 4 N–H and O–H groups in total. The highest BCUT2D eigenvalue weighted by Crippen LogP contribution is 2.36. The Labute approximate surface area is 232 Å². The zero-order valence-electron chi connectivity index (χ0n) is 23.7. The topological polar surface area (TPSA) is 94.4 Å². The van der Waals surface area contributed by atoms with E-state index in [9.17, 15) is 15.3 Å². The van der Waals surface area contributed by atoms with E-state index in [1.165, 1.54) is 11.8 Å². The molecule has 1 fully saturated rings. The molecule has 0 bridgehead atoms. The van der Waals surface area contributed by atoms with Crippen molar-refractivity contribution >= 4 is 11.8 Å². The molecule has 7 nitrogen and oxygen atoms in total. The van der Waals surface area contributed by atoms with Crippen LogP contribution in [0.1, 0.15) is 48.6 Å². The van der Waals surface area contributed by atoms with Crippen molar-refractivity contribution in [3.63, 3.8) is 0 Å². The van der Waals surface area contributed by atoms with E-state index >= 15 is 0 Å². The lowest BCUT2D eigenvalue weighted by Gasteiger charge is -2.40. The first-order valence-corrected chi connectivity index (χ1v) is 14.7. The Bertz CT molecular complexity index is 999. The standard InChI is InChI=1S/C30H46N2O5S/c1-20-8-11-22(28-26(34)25(33)27(35)29(37-28)38-6)17-23(20)16-21-9-12-24(13-10-21)36-15-7-14-31-18-30(2,3)19-32(4)5/h8-13,17,25-29,31,33-35H,7,14-16,18-19H2,1-6H3/t25-,26-,27+,28?,29-/m1/s1. The van der Waals surface area contributed by atoms with Gasteiger partial charge in [-0.15, -0.1) is 11.8 Å². The maximum atomic E-state index is 10.6. The lowest BCUT2D eigenvalue weighted by atomic mass is 9.91. The Morgan fingerprint density at radius 3 is 2.39 bits per heavy atom. The van der Waals surface area contributed by atoms with Crippen molar-refractivity contribution in [2.45, 2.75) is 63.5 Å². The number of nitrogens with one attached hydrogen (secondary N) is 1. The average Bonchev–Trinajstić information content (AvgIpc) is 2.86. The Kier molecular flexibility index (Phi) is 11.5. The van der Waals surface area contributed by atoms with Crippen LogP contribution in [-0.2, 0) is 11.2 Å². The van der Waals surface area contributed by atoms with Crippen LogP contribution in [0.4, 0.5) is 0 Å². The van der Waals surface area contributed by atoms with Crippen LogP contribution in [0.25, 0.3) is 0 Å². The van der Waals surface area contributed by atoms with Gasteiger partial charge >= 0.3 is 0 Å². The normalized spacial score (nSPS) is 24.1. The van der Waals surface area contributed by atoms with Crippen molar-refractivity contribution in [2.24, 2.45) is 5.41 Å². The zero-order chi connectivity index (χ0) is 27.9. The van der Waals surface area contributed by atoms with E-state index < -0.39 is 29.9 Å². The van der Waals surface area contributed by atoms with Gasteiger partial charge in [-0.1, -0.05) is 44.2 Å². The minimum atomic E-state index is -1.26. The third-order valence-corrected chi connectivity index (χ3v) is 7.79. The highest BCUT2D eigenvalue weighted by atomic mass is 32.2. The van der Waals surface area contributed by atoms with Crippen LogP contribution in [0.3, 0.4) is 0 Å². The van der Waals surface area contributed by atoms with E-state index in [2.05, 4.69) is 57.2 Å². The van der Waals surface area contributed by atoms with Crippen molar-refractivity contribution in [3.05, 3.63) is 64.7 Å². The summed E-state index contributed by atoms with van der Waals surface area (Å²) < 4.78 is 11.9. The van der Waals surface area contributed by atoms with Gasteiger partial charge in [-0.05, 0) is 86.5 Å². The van der Waals surface area contributed by atoms with Crippen molar-refractivity contribution in [1.29, 1.82) is 0 Å². The van der Waals surface area contributed by atoms with Gasteiger partial charge in [0.05, 0.1) is 6.61 Å². The molecule has 1 aliphatic rings. The Hall–Kier alpha value is -1.65. The summed E-state index contributed by atoms with van der Waals surface area (Å²) in [6.07, 6.45) is -0.785. The fourth-order valence-corrected chi connectivity index (χ4v) is 5.70. The second-order valence-corrected chi connectivity index (χ2v) is 12.4. The quantitative estimate of drug-likeness (QED) is 0.284. The molecular formula is C30H46N2O5S. The summed E-state index contributed by atoms with van der Waals surface area (Å²) in [5.74, 6) is 0.863. The van der Waals surface area contributed by atoms with Gasteiger partial charge in [0.15, 0.2) is 0 Å². The molecule has 1 saturated heterocycles. The van der Waals surface area contributed by atoms with Gasteiger partial charge in [-0.3, -0.25) is 0 Å². The van der Waals surface area contributed by atoms with Crippen LogP contribution in [0.2, 0.25) is 0 Å². The van der Waals surface area contributed by atoms with Crippen molar-refractivity contribution in [3.8, 4) is 5.75 Å². The predicted octanol–water partition coefficient (Wildman–Crippen LogP) is 3.38. The number of thioether (sulfide) groups is 1. The molecule has 0 saturated carbocycles. The van der Waals surface area contributed by atoms with Crippen LogP contribution in [0.15, 0.2) is 42.5 Å². The van der Waals surface area contributed by atoms with Gasteiger partial charge in [-0.25, -0.2) is 0 Å². The van der Waals surface area contributed by atoms with Crippen molar-refractivity contribution < 1.29 is 24.8 Å². The van der Waals surface area contributed by atoms with Gasteiger partial charge in [0.2, 0.25) is 0 Å². The summed E-state index contributed by atoms with van der Waals surface area (Å²) in [5.41, 5.74) is 3.86. The van der Waals surface area contributed by atoms with Crippen molar-refractivity contribution in [1.82, 2.24) is 10.2 Å². The van der Waals surface area contributed by atoms with E-state index in [0.29, 0.717) is 6.61 Å². The summed E-state index contributed by atoms with van der Waals surface area (Å²) in [6.45, 7) is 10.2. The number of aliphatic hydroxyl groups excluding tert-OH is 3. The molecule has 1 heterocycles. The Morgan fingerprint density at radius 1 is 1.03 bits per heavy atom. The first-order valence-electron chi connectivity index (χ1n) is 13.4. The fourth-order valence-electron chi connectivity index (χ4n) is 5.03. The molecule has 0 aromatic heterocycles. The number of benzene rings is 2. The van der Waals surface area contributed by atoms with E-state index in [1.54, 1.807) is 0 Å². The molecule has 0 spiro atoms. The summed E-state index contributed by atoms with van der Waals surface area (Å²) in [7, 11) is 4.22. The fraction of sp³-hybridized carbons (Fsp3) is 0.600. The van der Waals surface area contributed by atoms with E-state index in [-0.39, 0.29) is 5.41 Å². The second kappa shape index (κ2) is 14.1. The third-order valence-electron chi connectivity index (χ3n) is 6.94. The number of aryl methyl sites for hydroxylation is 1. The molecule has 1 unspecified atom stereocenters. The highest BCUT2D eigenvalue weighted by Gasteiger charge is 2.44. The molecule has 2 aromatic rings. The molecular weight excluding hydrogens is 500 g/mol. The molecule has 0 aliphatic carbocycles. The number of rotatable bonds is 13. The van der Waals surface area contributed by atoms with Crippen LogP contribution in [0, 0.1) is 12.3 Å². The molecule has 5 atom stereocenters. The monoisotopic (exact) mass is 546 g/mol. The van der Waals surface area contributed by atoms with Crippen LogP contribution >= 0.6 is 11.8 Å². The molecule has 212 valence electrons. The maximum Gasteiger partial charge on any atom is 0.132 e. The molecule has 3 rings (SSSR count). The Morgan fingerprint density at radius 2 is 1.74 bits per heavy atom. The first-order chi connectivity index (χ1) is 18.0. The first kappa shape index (κ1) is 30.9. The Balaban J connectivity index is 1.52. The van der Waals surface area contributed by atoms with Crippen LogP contribution in [-0.4, -0.2) is 90.6 Å². The zero-order valence-corrected chi connectivity index (χ0v) is 24.5. The summed E-state index contributed by atoms with van der Waals surface area (Å²) in [6, 6.07) is 14.2. The minimum absolute atomic E-state index is 0.238. The molecule has 0 radical (unpaired) electrons. The van der Waals surface area contributed by atoms with Gasteiger partial charge < -0.3 is 35.0 Å². The molecule has 2 aromatic carbocycles. The summed E-state index contributed by atoms with van der Waals surface area (Å²) in [4.78, 5) is 2.22. The SMILES string of the molecule is CS[C@H]1OC(c2ccc(C)c(Cc3ccc(OCCCNCC(C)(C)CN(C)C)cc3)c2)[C@H](O)[C@@H](O)[C@@H]1O. The summed E-state index contributed by atoms with van der Waals surface area (Å²) >= 11 is 1.32. The van der Waals surface area contributed by atoms with Crippen LogP contribution < -0.4 is 10.1 Å². The number of nitrogens with zero attached hydrogens (tertiary/aromatic N) is 1. The average molecular weight is 547 g/mol. The highest BCUT2D eigenvalue weighted by molar-refractivity contribution is 7.99. The van der Waals surface area contributed by atoms with Crippen molar-refractivity contribution in [2.75, 3.05) is 46.6 Å². The maximum absolute atomic E-state index is 10.6. The second-order valence-electron chi connectivity index (χ2n) is 11.4. The van der Waals surface area contributed by atoms with E-state index in [1.807, 2.05) is 36.6 Å². The van der Waals surface area contributed by atoms with E-state index in [4.69, 9.17) is 9.47 Å². The molecule has 0 amide bonds. The lowest BCUT2D eigenvalue weighted by molar-refractivity contribution is -0.200.